The van der Waals surface area contributed by atoms with E-state index in [4.69, 9.17) is 11.6 Å². The van der Waals surface area contributed by atoms with Crippen molar-refractivity contribution < 1.29 is 4.79 Å². The Hall–Kier alpha value is -2.73. The van der Waals surface area contributed by atoms with Crippen LogP contribution in [-0.4, -0.2) is 26.1 Å². The molecule has 3 aromatic rings. The molecule has 0 aliphatic carbocycles. The number of hydrogen-bond acceptors (Lipinski definition) is 4. The van der Waals surface area contributed by atoms with Crippen LogP contribution < -0.4 is 5.32 Å². The second kappa shape index (κ2) is 6.58. The first kappa shape index (κ1) is 15.2. The third-order valence-electron chi connectivity index (χ3n) is 3.45. The summed E-state index contributed by atoms with van der Waals surface area (Å²) in [5.74, 6) is -0.130. The summed E-state index contributed by atoms with van der Waals surface area (Å²) < 4.78 is 1.49. The van der Waals surface area contributed by atoms with E-state index >= 15 is 0 Å². The van der Waals surface area contributed by atoms with Gasteiger partial charge in [-0.15, -0.1) is 5.10 Å². The molecule has 7 heteroatoms. The fourth-order valence-corrected chi connectivity index (χ4v) is 2.37. The highest BCUT2D eigenvalue weighted by atomic mass is 35.5. The minimum atomic E-state index is -0.130. The number of benzene rings is 2. The maximum absolute atomic E-state index is 12.3. The number of halogens is 1. The SMILES string of the molecule is Cc1ccccc1CC(=O)Nc1cc(-n2cnnn2)ccc1Cl. The van der Waals surface area contributed by atoms with Crippen LogP contribution in [0.5, 0.6) is 0 Å². The van der Waals surface area contributed by atoms with E-state index in [1.165, 1.54) is 11.0 Å². The van der Waals surface area contributed by atoms with Gasteiger partial charge in [-0.05, 0) is 46.7 Å². The Morgan fingerprint density at radius 2 is 2.09 bits per heavy atom. The van der Waals surface area contributed by atoms with Crippen LogP contribution in [0.3, 0.4) is 0 Å². The second-order valence-electron chi connectivity index (χ2n) is 5.07. The molecule has 3 rings (SSSR count). The van der Waals surface area contributed by atoms with E-state index in [0.29, 0.717) is 16.4 Å². The van der Waals surface area contributed by atoms with Crippen molar-refractivity contribution in [2.75, 3.05) is 5.32 Å². The van der Waals surface area contributed by atoms with E-state index in [1.54, 1.807) is 18.2 Å². The molecular formula is C16H14ClN5O. The van der Waals surface area contributed by atoms with Gasteiger partial charge in [-0.3, -0.25) is 4.79 Å². The number of nitrogens with zero attached hydrogens (tertiary/aromatic N) is 4. The van der Waals surface area contributed by atoms with Gasteiger partial charge in [0.15, 0.2) is 0 Å². The van der Waals surface area contributed by atoms with Crippen LogP contribution in [0.25, 0.3) is 5.69 Å². The van der Waals surface area contributed by atoms with Crippen LogP contribution in [0.4, 0.5) is 5.69 Å². The zero-order valence-electron chi connectivity index (χ0n) is 12.4. The van der Waals surface area contributed by atoms with Crippen molar-refractivity contribution in [3.05, 3.63) is 64.9 Å². The molecule has 0 radical (unpaired) electrons. The molecular weight excluding hydrogens is 314 g/mol. The molecule has 0 saturated heterocycles. The first-order chi connectivity index (χ1) is 11.1. The standard InChI is InChI=1S/C16H14ClN5O/c1-11-4-2-3-5-12(11)8-16(23)19-15-9-13(6-7-14(15)17)22-10-18-20-21-22/h2-7,9-10H,8H2,1H3,(H,19,23). The molecule has 6 nitrogen and oxygen atoms in total. The normalized spacial score (nSPS) is 10.5. The Balaban J connectivity index is 1.78. The van der Waals surface area contributed by atoms with Gasteiger partial charge in [0.25, 0.3) is 0 Å². The number of tetrazole rings is 1. The molecule has 1 heterocycles. The Bertz CT molecular complexity index is 832. The summed E-state index contributed by atoms with van der Waals surface area (Å²) in [4.78, 5) is 12.3. The molecule has 1 N–H and O–H groups in total. The van der Waals surface area contributed by atoms with Gasteiger partial charge < -0.3 is 5.32 Å². The zero-order valence-corrected chi connectivity index (χ0v) is 13.2. The average Bonchev–Trinajstić information content (AvgIpc) is 3.06. The van der Waals surface area contributed by atoms with Crippen LogP contribution in [0.2, 0.25) is 5.02 Å². The molecule has 0 saturated carbocycles. The highest BCUT2D eigenvalue weighted by molar-refractivity contribution is 6.33. The number of carbonyl (C=O) groups excluding carboxylic acids is 1. The van der Waals surface area contributed by atoms with Gasteiger partial charge in [-0.1, -0.05) is 35.9 Å². The molecule has 0 aliphatic heterocycles. The van der Waals surface area contributed by atoms with Gasteiger partial charge >= 0.3 is 0 Å². The highest BCUT2D eigenvalue weighted by Crippen LogP contribution is 2.24. The number of anilines is 1. The van der Waals surface area contributed by atoms with Crippen molar-refractivity contribution >= 4 is 23.2 Å². The minimum absolute atomic E-state index is 0.130. The molecule has 0 aliphatic rings. The summed E-state index contributed by atoms with van der Waals surface area (Å²) >= 11 is 6.16. The number of carbonyl (C=O) groups is 1. The second-order valence-corrected chi connectivity index (χ2v) is 5.48. The zero-order chi connectivity index (χ0) is 16.2. The number of nitrogens with one attached hydrogen (secondary N) is 1. The fraction of sp³-hybridized carbons (Fsp3) is 0.125. The molecule has 0 atom stereocenters. The molecule has 0 unspecified atom stereocenters. The third-order valence-corrected chi connectivity index (χ3v) is 3.78. The smallest absolute Gasteiger partial charge is 0.228 e. The number of rotatable bonds is 4. The van der Waals surface area contributed by atoms with Crippen molar-refractivity contribution in [1.82, 2.24) is 20.2 Å². The highest BCUT2D eigenvalue weighted by Gasteiger charge is 2.10. The quantitative estimate of drug-likeness (QED) is 0.799. The lowest BCUT2D eigenvalue weighted by Gasteiger charge is -2.10. The topological polar surface area (TPSA) is 72.7 Å². The largest absolute Gasteiger partial charge is 0.324 e. The number of amides is 1. The van der Waals surface area contributed by atoms with Crippen molar-refractivity contribution in [3.8, 4) is 5.69 Å². The van der Waals surface area contributed by atoms with Crippen molar-refractivity contribution in [3.63, 3.8) is 0 Å². The summed E-state index contributed by atoms with van der Waals surface area (Å²) in [6.07, 6.45) is 1.76. The van der Waals surface area contributed by atoms with Crippen molar-refractivity contribution in [2.45, 2.75) is 13.3 Å². The van der Waals surface area contributed by atoms with Crippen LogP contribution >= 0.6 is 11.6 Å². The van der Waals surface area contributed by atoms with Crippen LogP contribution in [0.15, 0.2) is 48.8 Å². The summed E-state index contributed by atoms with van der Waals surface area (Å²) in [5, 5.41) is 14.3. The van der Waals surface area contributed by atoms with Crippen molar-refractivity contribution in [2.24, 2.45) is 0 Å². The molecule has 0 bridgehead atoms. The molecule has 116 valence electrons. The van der Waals surface area contributed by atoms with Crippen LogP contribution in [-0.2, 0) is 11.2 Å². The molecule has 0 spiro atoms. The van der Waals surface area contributed by atoms with Gasteiger partial charge in [-0.25, -0.2) is 4.68 Å². The Morgan fingerprint density at radius 1 is 1.26 bits per heavy atom. The van der Waals surface area contributed by atoms with Crippen molar-refractivity contribution in [1.29, 1.82) is 0 Å². The maximum atomic E-state index is 12.3. The summed E-state index contributed by atoms with van der Waals surface area (Å²) in [7, 11) is 0. The van der Waals surface area contributed by atoms with E-state index in [2.05, 4.69) is 20.8 Å². The van der Waals surface area contributed by atoms with E-state index in [1.807, 2.05) is 31.2 Å². The predicted molar refractivity (Wildman–Crippen MR) is 87.7 cm³/mol. The molecule has 1 aromatic heterocycles. The minimum Gasteiger partial charge on any atom is -0.324 e. The van der Waals surface area contributed by atoms with E-state index in [0.717, 1.165) is 11.1 Å². The Kier molecular flexibility index (Phi) is 4.34. The fourth-order valence-electron chi connectivity index (χ4n) is 2.21. The lowest BCUT2D eigenvalue weighted by Crippen LogP contribution is -2.15. The van der Waals surface area contributed by atoms with Gasteiger partial charge in [0.2, 0.25) is 5.91 Å². The number of aromatic nitrogens is 4. The van der Waals surface area contributed by atoms with Gasteiger partial charge in [0, 0.05) is 0 Å². The van der Waals surface area contributed by atoms with Gasteiger partial charge in [0.1, 0.15) is 6.33 Å². The predicted octanol–water partition coefficient (Wildman–Crippen LogP) is 2.81. The Labute approximate surface area is 138 Å². The summed E-state index contributed by atoms with van der Waals surface area (Å²) in [6.45, 7) is 1.98. The lowest BCUT2D eigenvalue weighted by molar-refractivity contribution is -0.115. The first-order valence-electron chi connectivity index (χ1n) is 7.01. The third kappa shape index (κ3) is 3.54. The summed E-state index contributed by atoms with van der Waals surface area (Å²) in [6, 6.07) is 13.0. The number of aryl methyl sites for hydroxylation is 1. The molecule has 2 aromatic carbocycles. The monoisotopic (exact) mass is 327 g/mol. The van der Waals surface area contributed by atoms with E-state index in [9.17, 15) is 4.79 Å². The van der Waals surface area contributed by atoms with Crippen LogP contribution in [0.1, 0.15) is 11.1 Å². The Morgan fingerprint density at radius 3 is 2.83 bits per heavy atom. The lowest BCUT2D eigenvalue weighted by atomic mass is 10.1. The maximum Gasteiger partial charge on any atom is 0.228 e. The molecule has 1 amide bonds. The summed E-state index contributed by atoms with van der Waals surface area (Å²) in [5.41, 5.74) is 3.30. The van der Waals surface area contributed by atoms with Crippen LogP contribution in [0, 0.1) is 6.92 Å². The molecule has 23 heavy (non-hydrogen) atoms. The number of hydrogen-bond donors (Lipinski definition) is 1. The first-order valence-corrected chi connectivity index (χ1v) is 7.38. The van der Waals surface area contributed by atoms with Gasteiger partial charge in [-0.2, -0.15) is 0 Å². The van der Waals surface area contributed by atoms with E-state index in [-0.39, 0.29) is 12.3 Å². The van der Waals surface area contributed by atoms with E-state index < -0.39 is 0 Å². The van der Waals surface area contributed by atoms with Gasteiger partial charge in [0.05, 0.1) is 22.8 Å². The average molecular weight is 328 g/mol. The molecule has 0 fully saturated rings.